The van der Waals surface area contributed by atoms with E-state index in [-0.39, 0.29) is 0 Å². The minimum Gasteiger partial charge on any atom is -0.394 e. The molecule has 10 fully saturated rings. The van der Waals surface area contributed by atoms with Crippen molar-refractivity contribution in [2.24, 2.45) is 0 Å². The van der Waals surface area contributed by atoms with Crippen molar-refractivity contribution < 1.29 is 247 Å². The molecular weight excluding hydrogens is 1710 g/mol. The maximum absolute atomic E-state index is 13.4. The molecule has 5 amide bonds. The van der Waals surface area contributed by atoms with E-state index in [2.05, 4.69) is 26.6 Å². The summed E-state index contributed by atoms with van der Waals surface area (Å²) < 4.78 is 116. The van der Waals surface area contributed by atoms with Gasteiger partial charge >= 0.3 is 0 Å². The third-order valence-corrected chi connectivity index (χ3v) is 22.8. The van der Waals surface area contributed by atoms with Crippen LogP contribution < -0.4 is 26.6 Å². The Morgan fingerprint density at radius 2 is 0.488 bits per heavy atom. The van der Waals surface area contributed by atoms with E-state index in [0.29, 0.717) is 0 Å². The first-order chi connectivity index (χ1) is 59.1. The Morgan fingerprint density at radius 1 is 0.224 bits per heavy atom. The fourth-order valence-corrected chi connectivity index (χ4v) is 16.2. The smallest absolute Gasteiger partial charge is 0.217 e. The molecule has 55 nitrogen and oxygen atoms in total. The normalized spacial score (nSPS) is 48.7. The molecule has 10 aliphatic rings. The summed E-state index contributed by atoms with van der Waals surface area (Å²) in [6.45, 7) is -4.42. The van der Waals surface area contributed by atoms with Crippen LogP contribution >= 0.6 is 0 Å². The molecule has 722 valence electrons. The lowest BCUT2D eigenvalue weighted by Crippen LogP contribution is -2.71. The summed E-state index contributed by atoms with van der Waals surface area (Å²) in [5.74, 6) is -4.80. The molecule has 0 spiro atoms. The minimum absolute atomic E-state index is 0.864. The highest BCUT2D eigenvalue weighted by atomic mass is 16.8. The molecule has 0 aromatic carbocycles. The molecule has 10 saturated heterocycles. The SMILES string of the molecule is CC(=O)N[C@H]1[C@H](O[C@H]2[C@H](O)[C@H](NC(C)=O)C(O)O[C@@H]2CO[C@@H]2O[C@@H](C)[C@@H](O)[C@@H](O)[C@@H]2O)O[C@H](CO)[C@@H](O[C@@H]2O[C@H](CO[C@H]3O[C@H](CO)[C@@H](O)[C@H](O)[C@@H]3O[C@@H]3O[C@H](CO)[C@@H](O)[C@H](O)[C@H]3NC(C)=O)[C@@H](O[C@@H]3O[C@H](CO)[C@@H](O)[C@H](O)[C@H]3NC(C)=O)[C@H](O[C@H]3O[C@H](CO)[C@@H](O)[C@H](O)[C@@H]3O[C@@H]3O[C@H](CO)[C@@H](O[C@@H]4O[C@H](CO)[C@H](O)[C@H](O)[C@H]4O)[C@H](O)[C@H]3NC(C)=O)[C@@H]2O)[C@@H]1O. The van der Waals surface area contributed by atoms with Gasteiger partial charge in [-0.05, 0) is 6.92 Å². The van der Waals surface area contributed by atoms with Crippen molar-refractivity contribution in [1.82, 2.24) is 26.6 Å². The number of aliphatic hydroxyl groups excluding tert-OH is 26. The summed E-state index contributed by atoms with van der Waals surface area (Å²) in [6, 6.07) is -9.78. The Kier molecular flexibility index (Phi) is 36.8. The Balaban J connectivity index is 1.08. The standard InChI is InChI=1S/C70H117N5O50/c1-16-36(88)47(99)51(103)66(109-16)107-14-29-56(44(96)31(61(106)110-29)71-17(2)83)119-64-34(74-20(5)86)45(97)55(28(13-82)116-64)121-68-53(105)58(123-70-60(50(102)41(93)26(11-80)115-70)125-65-35(75-21(6)87)46(98)54(27(12-81)117-65)120-67-52(104)48(100)39(91)24(9-78)113-67)57(122-62-32(72-18(3)84)42(94)37(89)22(7-76)111-62)30(118-68)15-108-69-59(49(101)40(92)25(10-79)114-69)124-63-33(73-19(4)85)43(95)38(90)23(8-77)112-63/h16,22-70,76-82,88-106H,7-15H2,1-6H3,(H,71,83)(H,72,84)(H,73,85)(H,74,86)(H,75,87)/t16-,22+,23+,24+,25+,26+,27+,28+,29+,30+,31-,32+,33+,34+,35+,36+,37+,38+,39-,40+,41+,42+,43+,44+,45+,46+,47+,48-,49-,50-,51-,52+,53-,54+,55+,56+,57+,58+,59-,60-,61?,62-,63-,64-,65-,66+,67-,68-,69-,70+/m0/s1. The molecule has 0 bridgehead atoms. The third-order valence-electron chi connectivity index (χ3n) is 22.8. The Hall–Kier alpha value is -4.45. The van der Waals surface area contributed by atoms with Crippen molar-refractivity contribution >= 4 is 29.5 Å². The number of carbonyl (C=O) groups is 5. The number of nitrogens with one attached hydrogen (secondary N) is 5. The van der Waals surface area contributed by atoms with Gasteiger partial charge in [0.05, 0.1) is 65.6 Å². The van der Waals surface area contributed by atoms with Crippen molar-refractivity contribution in [3.8, 4) is 0 Å². The summed E-state index contributed by atoms with van der Waals surface area (Å²) in [5.41, 5.74) is 0. The molecule has 0 aromatic rings. The first-order valence-corrected chi connectivity index (χ1v) is 40.0. The van der Waals surface area contributed by atoms with Gasteiger partial charge in [0.15, 0.2) is 62.9 Å². The van der Waals surface area contributed by atoms with Crippen LogP contribution in [0, 0.1) is 0 Å². The second kappa shape index (κ2) is 44.9. The predicted molar refractivity (Wildman–Crippen MR) is 386 cm³/mol. The van der Waals surface area contributed by atoms with Crippen LogP contribution in [0.5, 0.6) is 0 Å². The van der Waals surface area contributed by atoms with E-state index in [1.807, 2.05) is 0 Å². The van der Waals surface area contributed by atoms with Crippen molar-refractivity contribution in [3.63, 3.8) is 0 Å². The van der Waals surface area contributed by atoms with Crippen LogP contribution in [0.25, 0.3) is 0 Å². The van der Waals surface area contributed by atoms with Gasteiger partial charge in [-0.2, -0.15) is 0 Å². The average Bonchev–Trinajstić information content (AvgIpc) is 0.756. The quantitative estimate of drug-likeness (QED) is 0.0297. The van der Waals surface area contributed by atoms with Gasteiger partial charge in [-0.1, -0.05) is 0 Å². The van der Waals surface area contributed by atoms with E-state index < -0.39 is 396 Å². The number of hydrogen-bond donors (Lipinski definition) is 31. The zero-order chi connectivity index (χ0) is 92.1. The largest absolute Gasteiger partial charge is 0.394 e. The molecule has 10 heterocycles. The Morgan fingerprint density at radius 3 is 0.904 bits per heavy atom. The number of amides is 5. The van der Waals surface area contributed by atoms with Gasteiger partial charge < -0.3 is 249 Å². The number of aliphatic hydroxyl groups is 26. The second-order valence-corrected chi connectivity index (χ2v) is 31.7. The number of rotatable bonds is 32. The van der Waals surface area contributed by atoms with E-state index in [9.17, 15) is 157 Å². The average molecular weight is 1830 g/mol. The van der Waals surface area contributed by atoms with Crippen LogP contribution in [0.2, 0.25) is 0 Å². The molecule has 125 heavy (non-hydrogen) atoms. The molecule has 10 aliphatic heterocycles. The highest BCUT2D eigenvalue weighted by Gasteiger charge is 2.62. The lowest BCUT2D eigenvalue weighted by atomic mass is 9.93. The lowest BCUT2D eigenvalue weighted by molar-refractivity contribution is -0.408. The van der Waals surface area contributed by atoms with Crippen LogP contribution in [0.3, 0.4) is 0 Å². The van der Waals surface area contributed by atoms with Crippen LogP contribution in [0.4, 0.5) is 0 Å². The highest BCUT2D eigenvalue weighted by Crippen LogP contribution is 2.42. The Labute approximate surface area is 708 Å². The van der Waals surface area contributed by atoms with Crippen LogP contribution in [-0.4, -0.2) is 529 Å². The first-order valence-electron chi connectivity index (χ1n) is 40.0. The topological polar surface area (TPSA) is 847 Å². The summed E-state index contributed by atoms with van der Waals surface area (Å²) >= 11 is 0. The monoisotopic (exact) mass is 1830 g/mol. The summed E-state index contributed by atoms with van der Waals surface area (Å²) in [5, 5.41) is 305. The van der Waals surface area contributed by atoms with Gasteiger partial charge in [0.25, 0.3) is 0 Å². The highest BCUT2D eigenvalue weighted by molar-refractivity contribution is 5.75. The number of ether oxygens (including phenoxy) is 19. The molecule has 0 saturated carbocycles. The van der Waals surface area contributed by atoms with E-state index in [1.54, 1.807) is 0 Å². The van der Waals surface area contributed by atoms with E-state index in [1.165, 1.54) is 6.92 Å². The molecule has 0 aliphatic carbocycles. The van der Waals surface area contributed by atoms with Gasteiger partial charge in [-0.15, -0.1) is 0 Å². The van der Waals surface area contributed by atoms with E-state index >= 15 is 0 Å². The molecule has 55 heteroatoms. The van der Waals surface area contributed by atoms with Crippen LogP contribution in [0.1, 0.15) is 41.5 Å². The molecule has 10 rings (SSSR count). The van der Waals surface area contributed by atoms with E-state index in [4.69, 9.17) is 90.0 Å². The fraction of sp³-hybridized carbons (Fsp3) is 0.929. The predicted octanol–water partition coefficient (Wildman–Crippen LogP) is -21.1. The summed E-state index contributed by atoms with van der Waals surface area (Å²) in [6.07, 6.45) is -96.0. The molecule has 1 unspecified atom stereocenters. The Bertz CT molecular complexity index is 3420. The van der Waals surface area contributed by atoms with Crippen LogP contribution in [0.15, 0.2) is 0 Å². The van der Waals surface area contributed by atoms with Gasteiger partial charge in [-0.3, -0.25) is 24.0 Å². The molecule has 0 aromatic heterocycles. The molecule has 50 atom stereocenters. The fourth-order valence-electron chi connectivity index (χ4n) is 16.2. The van der Waals surface area contributed by atoms with Crippen molar-refractivity contribution in [3.05, 3.63) is 0 Å². The zero-order valence-corrected chi connectivity index (χ0v) is 67.7. The van der Waals surface area contributed by atoms with Crippen molar-refractivity contribution in [1.29, 1.82) is 0 Å². The zero-order valence-electron chi connectivity index (χ0n) is 67.7. The third kappa shape index (κ3) is 23.1. The maximum atomic E-state index is 13.4. The van der Waals surface area contributed by atoms with E-state index in [0.717, 1.165) is 34.6 Å². The maximum Gasteiger partial charge on any atom is 0.217 e. The summed E-state index contributed by atoms with van der Waals surface area (Å²) in [7, 11) is 0. The second-order valence-electron chi connectivity index (χ2n) is 31.7. The van der Waals surface area contributed by atoms with Crippen molar-refractivity contribution in [2.45, 2.75) is 348 Å². The van der Waals surface area contributed by atoms with Gasteiger partial charge in [0, 0.05) is 34.6 Å². The molecular formula is C70H117N5O50. The minimum atomic E-state index is -2.78. The summed E-state index contributed by atoms with van der Waals surface area (Å²) in [4.78, 5) is 65.0. The molecule has 31 N–H and O–H groups in total. The lowest BCUT2D eigenvalue weighted by Gasteiger charge is -2.52. The first kappa shape index (κ1) is 103. The van der Waals surface area contributed by atoms with Gasteiger partial charge in [-0.25, -0.2) is 0 Å². The van der Waals surface area contributed by atoms with Crippen molar-refractivity contribution in [2.75, 3.05) is 59.5 Å². The van der Waals surface area contributed by atoms with Gasteiger partial charge in [0.2, 0.25) is 29.5 Å². The van der Waals surface area contributed by atoms with Crippen LogP contribution in [-0.2, 0) is 114 Å². The van der Waals surface area contributed by atoms with Gasteiger partial charge in [0.1, 0.15) is 238 Å². The number of carbonyl (C=O) groups excluding carboxylic acids is 5. The number of hydrogen-bond acceptors (Lipinski definition) is 50. The molecule has 0 radical (unpaired) electrons.